The van der Waals surface area contributed by atoms with Crippen LogP contribution in [0.25, 0.3) is 0 Å². The van der Waals surface area contributed by atoms with Crippen LogP contribution in [0, 0.1) is 5.82 Å². The predicted octanol–water partition coefficient (Wildman–Crippen LogP) is 2.54. The lowest BCUT2D eigenvalue weighted by Gasteiger charge is -2.10. The summed E-state index contributed by atoms with van der Waals surface area (Å²) in [6, 6.07) is 4.74. The standard InChI is InChI=1S/C9H11ClFN/c1-12(2)6-7-3-4-8(10)5-9(7)11/h3-5H,6H2,1-2H3. The lowest BCUT2D eigenvalue weighted by atomic mass is 10.2. The maximum absolute atomic E-state index is 13.1. The number of hydrogen-bond donors (Lipinski definition) is 0. The van der Waals surface area contributed by atoms with Gasteiger partial charge in [0.25, 0.3) is 0 Å². The summed E-state index contributed by atoms with van der Waals surface area (Å²) in [6.45, 7) is 0.600. The van der Waals surface area contributed by atoms with Crippen molar-refractivity contribution in [3.05, 3.63) is 34.6 Å². The minimum Gasteiger partial charge on any atom is -0.305 e. The predicted molar refractivity (Wildman–Crippen MR) is 48.8 cm³/mol. The van der Waals surface area contributed by atoms with Crippen LogP contribution in [0.5, 0.6) is 0 Å². The highest BCUT2D eigenvalue weighted by Crippen LogP contribution is 2.15. The third-order valence-electron chi connectivity index (χ3n) is 1.50. The molecule has 0 bridgehead atoms. The Hall–Kier alpha value is -0.600. The van der Waals surface area contributed by atoms with Gasteiger partial charge >= 0.3 is 0 Å². The van der Waals surface area contributed by atoms with E-state index in [9.17, 15) is 4.39 Å². The lowest BCUT2D eigenvalue weighted by Crippen LogP contribution is -2.11. The zero-order chi connectivity index (χ0) is 9.14. The maximum atomic E-state index is 13.1. The van der Waals surface area contributed by atoms with E-state index < -0.39 is 0 Å². The zero-order valence-electron chi connectivity index (χ0n) is 7.14. The highest BCUT2D eigenvalue weighted by atomic mass is 35.5. The van der Waals surface area contributed by atoms with Crippen LogP contribution in [0.4, 0.5) is 4.39 Å². The molecule has 12 heavy (non-hydrogen) atoms. The average molecular weight is 188 g/mol. The molecule has 0 aromatic heterocycles. The number of nitrogens with zero attached hydrogens (tertiary/aromatic N) is 1. The van der Waals surface area contributed by atoms with Gasteiger partial charge in [-0.25, -0.2) is 4.39 Å². The van der Waals surface area contributed by atoms with Crippen LogP contribution in [0.3, 0.4) is 0 Å². The Labute approximate surface area is 76.8 Å². The fourth-order valence-electron chi connectivity index (χ4n) is 0.991. The third kappa shape index (κ3) is 2.47. The van der Waals surface area contributed by atoms with E-state index in [1.807, 2.05) is 19.0 Å². The van der Waals surface area contributed by atoms with Crippen molar-refractivity contribution in [2.24, 2.45) is 0 Å². The normalized spacial score (nSPS) is 10.8. The molecule has 0 saturated heterocycles. The van der Waals surface area contributed by atoms with E-state index in [0.29, 0.717) is 17.1 Å². The van der Waals surface area contributed by atoms with E-state index >= 15 is 0 Å². The maximum Gasteiger partial charge on any atom is 0.129 e. The minimum atomic E-state index is -0.240. The Kier molecular flexibility index (Phi) is 3.06. The van der Waals surface area contributed by atoms with Crippen LogP contribution in [0.1, 0.15) is 5.56 Å². The first-order chi connectivity index (χ1) is 5.59. The van der Waals surface area contributed by atoms with E-state index in [2.05, 4.69) is 0 Å². The number of benzene rings is 1. The molecule has 0 fully saturated rings. The monoisotopic (exact) mass is 187 g/mol. The van der Waals surface area contributed by atoms with Gasteiger partial charge in [-0.3, -0.25) is 0 Å². The van der Waals surface area contributed by atoms with E-state index in [4.69, 9.17) is 11.6 Å². The molecule has 0 aliphatic heterocycles. The molecule has 0 atom stereocenters. The molecule has 0 unspecified atom stereocenters. The van der Waals surface area contributed by atoms with Gasteiger partial charge in [0.1, 0.15) is 5.82 Å². The van der Waals surface area contributed by atoms with Gasteiger partial charge in [-0.05, 0) is 26.2 Å². The summed E-state index contributed by atoms with van der Waals surface area (Å²) >= 11 is 5.60. The van der Waals surface area contributed by atoms with Crippen molar-refractivity contribution in [1.82, 2.24) is 4.90 Å². The molecule has 0 heterocycles. The highest BCUT2D eigenvalue weighted by molar-refractivity contribution is 6.30. The second kappa shape index (κ2) is 3.87. The lowest BCUT2D eigenvalue weighted by molar-refractivity contribution is 0.392. The highest BCUT2D eigenvalue weighted by Gasteiger charge is 2.02. The number of halogens is 2. The van der Waals surface area contributed by atoms with E-state index in [1.165, 1.54) is 6.07 Å². The summed E-state index contributed by atoms with van der Waals surface area (Å²) < 4.78 is 13.1. The summed E-state index contributed by atoms with van der Waals surface area (Å²) in [4.78, 5) is 1.91. The van der Waals surface area contributed by atoms with E-state index in [-0.39, 0.29) is 5.82 Å². The first-order valence-corrected chi connectivity index (χ1v) is 4.06. The van der Waals surface area contributed by atoms with Crippen molar-refractivity contribution in [3.63, 3.8) is 0 Å². The molecule has 0 N–H and O–H groups in total. The van der Waals surface area contributed by atoms with Crippen LogP contribution in [0.15, 0.2) is 18.2 Å². The zero-order valence-corrected chi connectivity index (χ0v) is 7.90. The first-order valence-electron chi connectivity index (χ1n) is 3.68. The SMILES string of the molecule is CN(C)Cc1ccc(Cl)cc1F. The Bertz CT molecular complexity index is 273. The second-order valence-corrected chi connectivity index (χ2v) is 3.41. The summed E-state index contributed by atoms with van der Waals surface area (Å²) in [6.07, 6.45) is 0. The first kappa shape index (κ1) is 9.49. The van der Waals surface area contributed by atoms with Gasteiger partial charge in [0.2, 0.25) is 0 Å². The molecule has 0 radical (unpaired) electrons. The van der Waals surface area contributed by atoms with Gasteiger partial charge in [0.15, 0.2) is 0 Å². The fraction of sp³-hybridized carbons (Fsp3) is 0.333. The van der Waals surface area contributed by atoms with Gasteiger partial charge in [-0.1, -0.05) is 17.7 Å². The Morgan fingerprint density at radius 3 is 2.58 bits per heavy atom. The summed E-state index contributed by atoms with van der Waals surface area (Å²) in [5.74, 6) is -0.240. The average Bonchev–Trinajstić information content (AvgIpc) is 1.94. The molecule has 0 aliphatic rings. The molecule has 66 valence electrons. The van der Waals surface area contributed by atoms with Crippen molar-refractivity contribution in [1.29, 1.82) is 0 Å². The van der Waals surface area contributed by atoms with Gasteiger partial charge in [0.05, 0.1) is 0 Å². The van der Waals surface area contributed by atoms with Crippen molar-refractivity contribution in [3.8, 4) is 0 Å². The molecule has 0 saturated carbocycles. The second-order valence-electron chi connectivity index (χ2n) is 2.97. The Morgan fingerprint density at radius 1 is 1.42 bits per heavy atom. The Morgan fingerprint density at radius 2 is 2.08 bits per heavy atom. The molecule has 1 aromatic rings. The van der Waals surface area contributed by atoms with Crippen molar-refractivity contribution in [2.75, 3.05) is 14.1 Å². The third-order valence-corrected chi connectivity index (χ3v) is 1.74. The van der Waals surface area contributed by atoms with E-state index in [1.54, 1.807) is 12.1 Å². The smallest absolute Gasteiger partial charge is 0.129 e. The van der Waals surface area contributed by atoms with Crippen molar-refractivity contribution < 1.29 is 4.39 Å². The van der Waals surface area contributed by atoms with Crippen LogP contribution in [0.2, 0.25) is 5.02 Å². The van der Waals surface area contributed by atoms with Crippen molar-refractivity contribution in [2.45, 2.75) is 6.54 Å². The summed E-state index contributed by atoms with van der Waals surface area (Å²) in [5, 5.41) is 0.440. The number of rotatable bonds is 2. The Balaban J connectivity index is 2.86. The summed E-state index contributed by atoms with van der Waals surface area (Å²) in [5.41, 5.74) is 0.671. The van der Waals surface area contributed by atoms with Crippen LogP contribution < -0.4 is 0 Å². The van der Waals surface area contributed by atoms with Crippen LogP contribution in [-0.4, -0.2) is 19.0 Å². The van der Waals surface area contributed by atoms with E-state index in [0.717, 1.165) is 0 Å². The molecular formula is C9H11ClFN. The molecule has 0 amide bonds. The van der Waals surface area contributed by atoms with Crippen molar-refractivity contribution >= 4 is 11.6 Å². The molecule has 3 heteroatoms. The topological polar surface area (TPSA) is 3.24 Å². The van der Waals surface area contributed by atoms with Gasteiger partial charge in [-0.15, -0.1) is 0 Å². The number of hydrogen-bond acceptors (Lipinski definition) is 1. The van der Waals surface area contributed by atoms with Gasteiger partial charge in [0, 0.05) is 17.1 Å². The quantitative estimate of drug-likeness (QED) is 0.688. The van der Waals surface area contributed by atoms with Gasteiger partial charge in [-0.2, -0.15) is 0 Å². The molecular weight excluding hydrogens is 177 g/mol. The minimum absolute atomic E-state index is 0.240. The molecule has 0 aliphatic carbocycles. The molecule has 1 rings (SSSR count). The fourth-order valence-corrected chi connectivity index (χ4v) is 1.15. The molecule has 0 spiro atoms. The molecule has 1 nitrogen and oxygen atoms in total. The van der Waals surface area contributed by atoms with Crippen LogP contribution in [-0.2, 0) is 6.54 Å². The summed E-state index contributed by atoms with van der Waals surface area (Å²) in [7, 11) is 3.79. The van der Waals surface area contributed by atoms with Gasteiger partial charge < -0.3 is 4.90 Å². The largest absolute Gasteiger partial charge is 0.305 e. The van der Waals surface area contributed by atoms with Crippen LogP contribution >= 0.6 is 11.6 Å². The molecule has 1 aromatic carbocycles.